The number of aromatic nitrogens is 1. The molecule has 0 aliphatic heterocycles. The number of sulfonamides is 1. The first kappa shape index (κ1) is 18.6. The van der Waals surface area contributed by atoms with Crippen molar-refractivity contribution < 1.29 is 17.7 Å². The number of nitrogens with zero attached hydrogens (tertiary/aromatic N) is 1. The number of aryl methyl sites for hydroxylation is 2. The third kappa shape index (κ3) is 3.97. The molecule has 26 heavy (non-hydrogen) atoms. The van der Waals surface area contributed by atoms with E-state index in [0.717, 1.165) is 16.9 Å². The number of thiophene rings is 1. The number of benzene rings is 1. The summed E-state index contributed by atoms with van der Waals surface area (Å²) in [6.07, 6.45) is 0. The molecule has 0 atom stereocenters. The molecular formula is C16H14BrN3O4S2. The van der Waals surface area contributed by atoms with Gasteiger partial charge in [0.2, 0.25) is 0 Å². The van der Waals surface area contributed by atoms with Crippen LogP contribution in [0.15, 0.2) is 49.6 Å². The standard InChI is InChI=1S/C16H14BrN3O4S2/c1-9-3-5-11(6-4-9)18-15(21)12-7-8-13(25-12)26(22,23)20-16-14(17)10(2)19-24-16/h3-8,20H,1-2H3,(H,18,21). The first-order chi connectivity index (χ1) is 12.3. The average Bonchev–Trinajstić information content (AvgIpc) is 3.20. The molecule has 0 bridgehead atoms. The largest absolute Gasteiger partial charge is 0.336 e. The fraction of sp³-hybridized carbons (Fsp3) is 0.125. The van der Waals surface area contributed by atoms with Gasteiger partial charge in [-0.15, -0.1) is 11.3 Å². The van der Waals surface area contributed by atoms with Crippen LogP contribution in [0.3, 0.4) is 0 Å². The molecule has 0 unspecified atom stereocenters. The van der Waals surface area contributed by atoms with Crippen LogP contribution in [0.25, 0.3) is 0 Å². The number of nitrogens with one attached hydrogen (secondary N) is 2. The number of anilines is 2. The van der Waals surface area contributed by atoms with Gasteiger partial charge in [0, 0.05) is 5.69 Å². The minimum absolute atomic E-state index is 0.00694. The molecule has 0 fully saturated rings. The van der Waals surface area contributed by atoms with E-state index in [-0.39, 0.29) is 20.9 Å². The van der Waals surface area contributed by atoms with Crippen molar-refractivity contribution in [2.45, 2.75) is 18.1 Å². The predicted octanol–water partition coefficient (Wildman–Crippen LogP) is 4.17. The van der Waals surface area contributed by atoms with Gasteiger partial charge in [0.25, 0.3) is 21.8 Å². The molecule has 136 valence electrons. The molecule has 0 aliphatic rings. The van der Waals surface area contributed by atoms with E-state index in [1.54, 1.807) is 19.1 Å². The molecule has 7 nitrogen and oxygen atoms in total. The number of hydrogen-bond acceptors (Lipinski definition) is 6. The van der Waals surface area contributed by atoms with E-state index >= 15 is 0 Å². The molecule has 0 spiro atoms. The van der Waals surface area contributed by atoms with Gasteiger partial charge in [-0.2, -0.15) is 0 Å². The molecule has 0 saturated heterocycles. The van der Waals surface area contributed by atoms with Gasteiger partial charge in [-0.25, -0.2) is 13.1 Å². The average molecular weight is 456 g/mol. The van der Waals surface area contributed by atoms with Crippen molar-refractivity contribution in [3.63, 3.8) is 0 Å². The number of carbonyl (C=O) groups excluding carboxylic acids is 1. The maximum Gasteiger partial charge on any atom is 0.273 e. The lowest BCUT2D eigenvalue weighted by Gasteiger charge is -2.04. The summed E-state index contributed by atoms with van der Waals surface area (Å²) < 4.78 is 32.6. The van der Waals surface area contributed by atoms with Crippen molar-refractivity contribution in [2.75, 3.05) is 10.0 Å². The van der Waals surface area contributed by atoms with Crippen molar-refractivity contribution in [3.05, 3.63) is 57.0 Å². The van der Waals surface area contributed by atoms with Gasteiger partial charge in [0.1, 0.15) is 8.68 Å². The Labute approximate surface area is 162 Å². The summed E-state index contributed by atoms with van der Waals surface area (Å²) in [5, 5.41) is 6.40. The van der Waals surface area contributed by atoms with Crippen molar-refractivity contribution in [3.8, 4) is 0 Å². The van der Waals surface area contributed by atoms with E-state index in [9.17, 15) is 13.2 Å². The summed E-state index contributed by atoms with van der Waals surface area (Å²) >= 11 is 4.06. The first-order valence-corrected chi connectivity index (χ1v) is 10.5. The molecule has 3 rings (SSSR count). The van der Waals surface area contributed by atoms with Crippen LogP contribution in [0.2, 0.25) is 0 Å². The van der Waals surface area contributed by atoms with Crippen LogP contribution < -0.4 is 10.0 Å². The monoisotopic (exact) mass is 455 g/mol. The molecule has 3 aromatic rings. The normalized spacial score (nSPS) is 11.3. The lowest BCUT2D eigenvalue weighted by molar-refractivity contribution is 0.103. The van der Waals surface area contributed by atoms with Crippen LogP contribution in [0.4, 0.5) is 11.6 Å². The molecule has 0 saturated carbocycles. The maximum atomic E-state index is 12.5. The van der Waals surface area contributed by atoms with E-state index in [4.69, 9.17) is 4.52 Å². The highest BCUT2D eigenvalue weighted by Gasteiger charge is 2.23. The fourth-order valence-corrected chi connectivity index (χ4v) is 4.58. The molecule has 2 heterocycles. The van der Waals surface area contributed by atoms with E-state index in [2.05, 4.69) is 31.1 Å². The van der Waals surface area contributed by atoms with E-state index in [1.165, 1.54) is 12.1 Å². The second kappa shape index (κ2) is 7.22. The second-order valence-corrected chi connectivity index (χ2v) is 9.24. The Balaban J connectivity index is 1.76. The quantitative estimate of drug-likeness (QED) is 0.600. The first-order valence-electron chi connectivity index (χ1n) is 7.39. The van der Waals surface area contributed by atoms with Gasteiger partial charge in [-0.3, -0.25) is 4.79 Å². The summed E-state index contributed by atoms with van der Waals surface area (Å²) in [6, 6.07) is 10.1. The number of carbonyl (C=O) groups is 1. The van der Waals surface area contributed by atoms with Crippen LogP contribution >= 0.6 is 27.3 Å². The number of rotatable bonds is 5. The lowest BCUT2D eigenvalue weighted by Crippen LogP contribution is -2.11. The van der Waals surface area contributed by atoms with E-state index in [0.29, 0.717) is 15.9 Å². The van der Waals surface area contributed by atoms with E-state index in [1.807, 2.05) is 19.1 Å². The number of hydrogen-bond donors (Lipinski definition) is 2. The van der Waals surface area contributed by atoms with Crippen LogP contribution in [-0.4, -0.2) is 19.5 Å². The summed E-state index contributed by atoms with van der Waals surface area (Å²) in [5.74, 6) is -0.390. The Morgan fingerprint density at radius 2 is 1.85 bits per heavy atom. The topological polar surface area (TPSA) is 101 Å². The molecule has 2 aromatic heterocycles. The number of halogens is 1. The Morgan fingerprint density at radius 3 is 2.46 bits per heavy atom. The van der Waals surface area contributed by atoms with Gasteiger partial charge in [0.15, 0.2) is 0 Å². The summed E-state index contributed by atoms with van der Waals surface area (Å²) in [4.78, 5) is 12.6. The lowest BCUT2D eigenvalue weighted by atomic mass is 10.2. The fourth-order valence-electron chi connectivity index (χ4n) is 2.01. The van der Waals surface area contributed by atoms with Crippen molar-refractivity contribution >= 4 is 54.8 Å². The second-order valence-electron chi connectivity index (χ2n) is 5.46. The molecule has 10 heteroatoms. The summed E-state index contributed by atoms with van der Waals surface area (Å²) in [6.45, 7) is 3.62. The maximum absolute atomic E-state index is 12.5. The van der Waals surface area contributed by atoms with Crippen LogP contribution in [0, 0.1) is 13.8 Å². The molecule has 1 aromatic carbocycles. The Morgan fingerprint density at radius 1 is 1.15 bits per heavy atom. The van der Waals surface area contributed by atoms with E-state index < -0.39 is 10.0 Å². The van der Waals surface area contributed by atoms with Gasteiger partial charge in [0.05, 0.1) is 10.6 Å². The van der Waals surface area contributed by atoms with Crippen LogP contribution in [0.5, 0.6) is 0 Å². The van der Waals surface area contributed by atoms with Crippen LogP contribution in [0.1, 0.15) is 20.9 Å². The zero-order valence-corrected chi connectivity index (χ0v) is 17.0. The van der Waals surface area contributed by atoms with Gasteiger partial charge in [-0.05, 0) is 54.0 Å². The Bertz CT molecular complexity index is 1060. The Kier molecular flexibility index (Phi) is 5.17. The summed E-state index contributed by atoms with van der Waals surface area (Å²) in [5.41, 5.74) is 2.23. The SMILES string of the molecule is Cc1ccc(NC(=O)c2ccc(S(=O)(=O)Nc3onc(C)c3Br)s2)cc1. The highest BCUT2D eigenvalue weighted by atomic mass is 79.9. The molecule has 1 amide bonds. The van der Waals surface area contributed by atoms with Crippen LogP contribution in [-0.2, 0) is 10.0 Å². The van der Waals surface area contributed by atoms with Gasteiger partial charge < -0.3 is 9.84 Å². The molecule has 0 radical (unpaired) electrons. The van der Waals surface area contributed by atoms with Crippen molar-refractivity contribution in [1.82, 2.24) is 5.16 Å². The highest BCUT2D eigenvalue weighted by Crippen LogP contribution is 2.30. The molecule has 2 N–H and O–H groups in total. The van der Waals surface area contributed by atoms with Gasteiger partial charge >= 0.3 is 0 Å². The third-order valence-corrected chi connectivity index (χ3v) is 7.24. The Hall–Kier alpha value is -2.17. The summed E-state index contributed by atoms with van der Waals surface area (Å²) in [7, 11) is -3.89. The molecular weight excluding hydrogens is 442 g/mol. The predicted molar refractivity (Wildman–Crippen MR) is 103 cm³/mol. The zero-order valence-electron chi connectivity index (χ0n) is 13.7. The van der Waals surface area contributed by atoms with Crippen molar-refractivity contribution in [2.24, 2.45) is 0 Å². The minimum atomic E-state index is -3.89. The van der Waals surface area contributed by atoms with Gasteiger partial charge in [-0.1, -0.05) is 22.9 Å². The zero-order chi connectivity index (χ0) is 18.9. The highest BCUT2D eigenvalue weighted by molar-refractivity contribution is 9.10. The number of amides is 1. The smallest absolute Gasteiger partial charge is 0.273 e. The molecule has 0 aliphatic carbocycles. The third-order valence-electron chi connectivity index (χ3n) is 3.40. The van der Waals surface area contributed by atoms with Crippen molar-refractivity contribution in [1.29, 1.82) is 0 Å². The minimum Gasteiger partial charge on any atom is -0.336 e.